The third-order valence-electron chi connectivity index (χ3n) is 4.72. The van der Waals surface area contributed by atoms with Crippen molar-refractivity contribution in [3.05, 3.63) is 59.4 Å². The number of carbonyl (C=O) groups excluding carboxylic acids is 1. The summed E-state index contributed by atoms with van der Waals surface area (Å²) in [4.78, 5) is 17.9. The van der Waals surface area contributed by atoms with Gasteiger partial charge in [-0.15, -0.1) is 0 Å². The van der Waals surface area contributed by atoms with Crippen LogP contribution in [0.5, 0.6) is 0 Å². The fourth-order valence-corrected chi connectivity index (χ4v) is 3.37. The predicted molar refractivity (Wildman–Crippen MR) is 98.5 cm³/mol. The van der Waals surface area contributed by atoms with Gasteiger partial charge in [-0.2, -0.15) is 4.37 Å². The molecule has 3 aromatic rings. The van der Waals surface area contributed by atoms with Gasteiger partial charge in [0, 0.05) is 23.0 Å². The standard InChI is InChI=1S/C19H21N3OS/c1-12-16-10-14(11-20-18(16)24-22-12)17(23)21-13(2)19(3,4)15-8-6-5-7-9-15/h5-11,13H,1-4H3,(H,21,23). The summed E-state index contributed by atoms with van der Waals surface area (Å²) in [5.41, 5.74) is 2.51. The second-order valence-corrected chi connectivity index (χ2v) is 7.38. The lowest BCUT2D eigenvalue weighted by molar-refractivity contribution is 0.0923. The van der Waals surface area contributed by atoms with E-state index in [0.29, 0.717) is 5.56 Å². The molecule has 2 aromatic heterocycles. The fraction of sp³-hybridized carbons (Fsp3) is 0.316. The molecule has 0 bridgehead atoms. The van der Waals surface area contributed by atoms with Crippen LogP contribution in [-0.2, 0) is 5.41 Å². The summed E-state index contributed by atoms with van der Waals surface area (Å²) in [5, 5.41) is 4.06. The van der Waals surface area contributed by atoms with E-state index in [0.717, 1.165) is 15.9 Å². The summed E-state index contributed by atoms with van der Waals surface area (Å²) in [6.45, 7) is 8.25. The lowest BCUT2D eigenvalue weighted by Gasteiger charge is -2.33. The minimum atomic E-state index is -0.172. The molecule has 0 radical (unpaired) electrons. The van der Waals surface area contributed by atoms with Crippen molar-refractivity contribution in [3.63, 3.8) is 0 Å². The van der Waals surface area contributed by atoms with E-state index in [-0.39, 0.29) is 17.4 Å². The number of aromatic nitrogens is 2. The lowest BCUT2D eigenvalue weighted by atomic mass is 9.78. The summed E-state index contributed by atoms with van der Waals surface area (Å²) in [6, 6.07) is 12.1. The van der Waals surface area contributed by atoms with Gasteiger partial charge in [0.15, 0.2) is 0 Å². The number of hydrogen-bond donors (Lipinski definition) is 1. The molecular formula is C19H21N3OS. The van der Waals surface area contributed by atoms with Crippen molar-refractivity contribution >= 4 is 27.7 Å². The highest BCUT2D eigenvalue weighted by Gasteiger charge is 2.29. The molecule has 1 N–H and O–H groups in total. The highest BCUT2D eigenvalue weighted by Crippen LogP contribution is 2.27. The molecule has 1 aromatic carbocycles. The number of amides is 1. The van der Waals surface area contributed by atoms with Gasteiger partial charge in [0.1, 0.15) is 4.83 Å². The molecule has 1 atom stereocenters. The molecule has 0 aliphatic heterocycles. The summed E-state index contributed by atoms with van der Waals surface area (Å²) >= 11 is 1.36. The number of nitrogens with one attached hydrogen (secondary N) is 1. The van der Waals surface area contributed by atoms with E-state index in [1.165, 1.54) is 17.1 Å². The molecule has 0 spiro atoms. The first kappa shape index (κ1) is 16.6. The molecule has 1 unspecified atom stereocenters. The van der Waals surface area contributed by atoms with E-state index in [1.807, 2.05) is 38.1 Å². The highest BCUT2D eigenvalue weighted by molar-refractivity contribution is 7.12. The average Bonchev–Trinajstić information content (AvgIpc) is 2.96. The van der Waals surface area contributed by atoms with Gasteiger partial charge >= 0.3 is 0 Å². The Kier molecular flexibility index (Phi) is 4.37. The number of nitrogens with zero attached hydrogens (tertiary/aromatic N) is 2. The third-order valence-corrected chi connectivity index (χ3v) is 5.58. The quantitative estimate of drug-likeness (QED) is 0.779. The minimum Gasteiger partial charge on any atom is -0.349 e. The molecule has 1 amide bonds. The normalized spacial score (nSPS) is 13.0. The van der Waals surface area contributed by atoms with Gasteiger partial charge in [-0.3, -0.25) is 4.79 Å². The smallest absolute Gasteiger partial charge is 0.253 e. The lowest BCUT2D eigenvalue weighted by Crippen LogP contribution is -2.45. The summed E-state index contributed by atoms with van der Waals surface area (Å²) in [7, 11) is 0. The average molecular weight is 339 g/mol. The number of pyridine rings is 1. The van der Waals surface area contributed by atoms with Crippen LogP contribution in [0.3, 0.4) is 0 Å². The van der Waals surface area contributed by atoms with Crippen LogP contribution < -0.4 is 5.32 Å². The second-order valence-electron chi connectivity index (χ2n) is 6.63. The number of hydrogen-bond acceptors (Lipinski definition) is 4. The number of benzene rings is 1. The van der Waals surface area contributed by atoms with Crippen molar-refractivity contribution < 1.29 is 4.79 Å². The first-order valence-electron chi connectivity index (χ1n) is 7.98. The number of aryl methyl sites for hydroxylation is 1. The maximum Gasteiger partial charge on any atom is 0.253 e. The Bertz CT molecular complexity index is 871. The van der Waals surface area contributed by atoms with E-state index in [9.17, 15) is 4.79 Å². The Hall–Kier alpha value is -2.27. The van der Waals surface area contributed by atoms with Crippen LogP contribution in [0, 0.1) is 6.92 Å². The van der Waals surface area contributed by atoms with Crippen molar-refractivity contribution in [3.8, 4) is 0 Å². The van der Waals surface area contributed by atoms with E-state index < -0.39 is 0 Å². The van der Waals surface area contributed by atoms with Crippen LogP contribution in [0.1, 0.15) is 42.4 Å². The number of fused-ring (bicyclic) bond motifs is 1. The zero-order chi connectivity index (χ0) is 17.3. The Morgan fingerprint density at radius 2 is 1.96 bits per heavy atom. The Morgan fingerprint density at radius 1 is 1.25 bits per heavy atom. The van der Waals surface area contributed by atoms with Gasteiger partial charge in [0.05, 0.1) is 11.3 Å². The molecule has 5 heteroatoms. The highest BCUT2D eigenvalue weighted by atomic mass is 32.1. The van der Waals surface area contributed by atoms with Crippen molar-refractivity contribution in [2.75, 3.05) is 0 Å². The summed E-state index contributed by atoms with van der Waals surface area (Å²) < 4.78 is 4.28. The van der Waals surface area contributed by atoms with Crippen molar-refractivity contribution in [2.45, 2.75) is 39.2 Å². The molecule has 24 heavy (non-hydrogen) atoms. The SMILES string of the molecule is Cc1nsc2ncc(C(=O)NC(C)C(C)(C)c3ccccc3)cc12. The van der Waals surface area contributed by atoms with E-state index in [4.69, 9.17) is 0 Å². The molecule has 3 rings (SSSR count). The molecule has 2 heterocycles. The molecule has 0 saturated heterocycles. The van der Waals surface area contributed by atoms with Crippen LogP contribution in [0.25, 0.3) is 10.2 Å². The molecule has 0 fully saturated rings. The van der Waals surface area contributed by atoms with Crippen LogP contribution in [-0.4, -0.2) is 21.3 Å². The number of carbonyl (C=O) groups is 1. The monoisotopic (exact) mass is 339 g/mol. The molecule has 0 aliphatic carbocycles. The molecular weight excluding hydrogens is 318 g/mol. The van der Waals surface area contributed by atoms with Gasteiger partial charge in [-0.1, -0.05) is 44.2 Å². The maximum absolute atomic E-state index is 12.6. The Morgan fingerprint density at radius 3 is 2.67 bits per heavy atom. The van der Waals surface area contributed by atoms with Crippen LogP contribution in [0.4, 0.5) is 0 Å². The first-order chi connectivity index (χ1) is 11.4. The first-order valence-corrected chi connectivity index (χ1v) is 8.75. The van der Waals surface area contributed by atoms with Gasteiger partial charge in [0.2, 0.25) is 0 Å². The van der Waals surface area contributed by atoms with E-state index in [2.05, 4.69) is 40.7 Å². The molecule has 0 saturated carbocycles. The fourth-order valence-electron chi connectivity index (χ4n) is 2.65. The zero-order valence-corrected chi connectivity index (χ0v) is 15.1. The van der Waals surface area contributed by atoms with Gasteiger partial charge in [-0.25, -0.2) is 4.98 Å². The molecule has 124 valence electrons. The van der Waals surface area contributed by atoms with Crippen molar-refractivity contribution in [2.24, 2.45) is 0 Å². The minimum absolute atomic E-state index is 0.0233. The van der Waals surface area contributed by atoms with Crippen molar-refractivity contribution in [1.82, 2.24) is 14.7 Å². The molecule has 4 nitrogen and oxygen atoms in total. The third kappa shape index (κ3) is 3.04. The van der Waals surface area contributed by atoms with E-state index in [1.54, 1.807) is 6.20 Å². The molecule has 0 aliphatic rings. The topological polar surface area (TPSA) is 54.9 Å². The van der Waals surface area contributed by atoms with E-state index >= 15 is 0 Å². The van der Waals surface area contributed by atoms with Crippen LogP contribution >= 0.6 is 11.5 Å². The van der Waals surface area contributed by atoms with Gasteiger partial charge < -0.3 is 5.32 Å². The Labute approximate surface area is 146 Å². The van der Waals surface area contributed by atoms with Gasteiger partial charge in [0.25, 0.3) is 5.91 Å². The summed E-state index contributed by atoms with van der Waals surface area (Å²) in [6.07, 6.45) is 1.62. The Balaban J connectivity index is 1.81. The largest absolute Gasteiger partial charge is 0.349 e. The second kappa shape index (κ2) is 6.32. The predicted octanol–water partition coefficient (Wildman–Crippen LogP) is 4.10. The summed E-state index contributed by atoms with van der Waals surface area (Å²) in [5.74, 6) is -0.105. The van der Waals surface area contributed by atoms with Crippen LogP contribution in [0.2, 0.25) is 0 Å². The number of rotatable bonds is 4. The van der Waals surface area contributed by atoms with Crippen molar-refractivity contribution in [1.29, 1.82) is 0 Å². The maximum atomic E-state index is 12.6. The zero-order valence-electron chi connectivity index (χ0n) is 14.3. The van der Waals surface area contributed by atoms with Crippen LogP contribution in [0.15, 0.2) is 42.6 Å². The van der Waals surface area contributed by atoms with Gasteiger partial charge in [-0.05, 0) is 37.0 Å².